The molecule has 0 aliphatic heterocycles. The minimum Gasteiger partial charge on any atom is -0.395 e. The molecule has 0 spiro atoms. The second-order valence-electron chi connectivity index (χ2n) is 4.23. The molecule has 6 heteroatoms. The van der Waals surface area contributed by atoms with Crippen LogP contribution in [0.3, 0.4) is 0 Å². The van der Waals surface area contributed by atoms with Crippen LogP contribution in [0.5, 0.6) is 0 Å². The van der Waals surface area contributed by atoms with Crippen molar-refractivity contribution < 1.29 is 9.90 Å². The topological polar surface area (TPSA) is 53.4 Å². The van der Waals surface area contributed by atoms with Gasteiger partial charge in [0.2, 0.25) is 0 Å². The smallest absolute Gasteiger partial charge is 0.273 e. The minimum atomic E-state index is -0.119. The van der Waals surface area contributed by atoms with Crippen molar-refractivity contribution in [1.82, 2.24) is 9.88 Å². The summed E-state index contributed by atoms with van der Waals surface area (Å²) in [5.41, 5.74) is 1.64. The molecule has 2 aromatic heterocycles. The molecule has 102 valence electrons. The third-order valence-corrected chi connectivity index (χ3v) is 4.58. The summed E-state index contributed by atoms with van der Waals surface area (Å²) in [6.07, 6.45) is 0. The zero-order valence-electron chi connectivity index (χ0n) is 10.9. The Balaban J connectivity index is 2.15. The van der Waals surface area contributed by atoms with Crippen molar-refractivity contribution in [3.8, 4) is 0 Å². The van der Waals surface area contributed by atoms with E-state index in [0.717, 1.165) is 9.88 Å². The van der Waals surface area contributed by atoms with E-state index in [1.165, 1.54) is 16.9 Å². The average molecular weight is 296 g/mol. The summed E-state index contributed by atoms with van der Waals surface area (Å²) >= 11 is 3.09. The van der Waals surface area contributed by atoms with Crippen LogP contribution in [0.1, 0.15) is 25.9 Å². The van der Waals surface area contributed by atoms with E-state index >= 15 is 0 Å². The highest BCUT2D eigenvalue weighted by Gasteiger charge is 2.19. The molecular formula is C13H16N2O2S2. The fourth-order valence-corrected chi connectivity index (χ4v) is 3.24. The van der Waals surface area contributed by atoms with Gasteiger partial charge in [0.1, 0.15) is 5.69 Å². The summed E-state index contributed by atoms with van der Waals surface area (Å²) in [6, 6.07) is 2.04. The van der Waals surface area contributed by atoms with Gasteiger partial charge in [-0.3, -0.25) is 4.79 Å². The maximum atomic E-state index is 12.3. The Kier molecular flexibility index (Phi) is 4.68. The second-order valence-corrected chi connectivity index (χ2v) is 6.29. The highest BCUT2D eigenvalue weighted by molar-refractivity contribution is 7.10. The molecule has 2 heterocycles. The number of carbonyl (C=O) groups is 1. The summed E-state index contributed by atoms with van der Waals surface area (Å²) in [6.45, 7) is 4.72. The first kappa shape index (κ1) is 14.2. The number of amides is 1. The first-order valence-corrected chi connectivity index (χ1v) is 7.73. The Morgan fingerprint density at radius 3 is 2.74 bits per heavy atom. The quantitative estimate of drug-likeness (QED) is 0.922. The molecule has 0 aromatic carbocycles. The molecule has 0 aliphatic carbocycles. The Morgan fingerprint density at radius 1 is 1.42 bits per heavy atom. The van der Waals surface area contributed by atoms with E-state index in [4.69, 9.17) is 5.11 Å². The van der Waals surface area contributed by atoms with Crippen molar-refractivity contribution in [3.05, 3.63) is 38.0 Å². The fourth-order valence-electron chi connectivity index (χ4n) is 1.74. The first-order valence-electron chi connectivity index (χ1n) is 5.97. The normalized spacial score (nSPS) is 10.7. The monoisotopic (exact) mass is 296 g/mol. The molecule has 0 atom stereocenters. The molecule has 0 unspecified atom stereocenters. The van der Waals surface area contributed by atoms with E-state index in [9.17, 15) is 4.79 Å². The lowest BCUT2D eigenvalue weighted by atomic mass is 10.2. The third-order valence-electron chi connectivity index (χ3n) is 2.80. The summed E-state index contributed by atoms with van der Waals surface area (Å²) < 4.78 is 0. The molecule has 1 N–H and O–H groups in total. The van der Waals surface area contributed by atoms with Crippen LogP contribution in [0.25, 0.3) is 0 Å². The number of aromatic nitrogens is 1. The maximum Gasteiger partial charge on any atom is 0.273 e. The number of aliphatic hydroxyl groups is 1. The van der Waals surface area contributed by atoms with Crippen molar-refractivity contribution in [3.63, 3.8) is 0 Å². The first-order chi connectivity index (χ1) is 9.11. The summed E-state index contributed by atoms with van der Waals surface area (Å²) in [4.78, 5) is 19.4. The van der Waals surface area contributed by atoms with Gasteiger partial charge in [-0.15, -0.1) is 22.7 Å². The predicted octanol–water partition coefficient (Wildman–Crippen LogP) is 2.46. The average Bonchev–Trinajstić information content (AvgIpc) is 2.98. The molecule has 2 aromatic rings. The van der Waals surface area contributed by atoms with Gasteiger partial charge in [-0.2, -0.15) is 0 Å². The van der Waals surface area contributed by atoms with Crippen molar-refractivity contribution >= 4 is 28.6 Å². The number of hydrogen-bond acceptors (Lipinski definition) is 5. The number of thiazole rings is 1. The molecule has 0 bridgehead atoms. The Hall–Kier alpha value is -1.24. The van der Waals surface area contributed by atoms with Crippen LogP contribution in [0.4, 0.5) is 0 Å². The highest BCUT2D eigenvalue weighted by atomic mass is 32.1. The number of aryl methyl sites for hydroxylation is 2. The number of thiophene rings is 1. The fraction of sp³-hybridized carbons (Fsp3) is 0.385. The lowest BCUT2D eigenvalue weighted by Gasteiger charge is -2.20. The van der Waals surface area contributed by atoms with Crippen molar-refractivity contribution in [1.29, 1.82) is 0 Å². The van der Waals surface area contributed by atoms with E-state index in [0.29, 0.717) is 18.8 Å². The van der Waals surface area contributed by atoms with Crippen molar-refractivity contribution in [2.45, 2.75) is 20.4 Å². The summed E-state index contributed by atoms with van der Waals surface area (Å²) in [7, 11) is 0. The minimum absolute atomic E-state index is 0.0424. The lowest BCUT2D eigenvalue weighted by Crippen LogP contribution is -2.33. The van der Waals surface area contributed by atoms with Crippen LogP contribution in [-0.2, 0) is 6.54 Å². The van der Waals surface area contributed by atoms with E-state index in [-0.39, 0.29) is 12.5 Å². The molecular weight excluding hydrogens is 280 g/mol. The lowest BCUT2D eigenvalue weighted by molar-refractivity contribution is 0.0704. The SMILES string of the molecule is Cc1nc(C(=O)N(CCO)Cc2sccc2C)cs1. The molecule has 0 saturated carbocycles. The summed E-state index contributed by atoms with van der Waals surface area (Å²) in [5, 5.41) is 13.8. The van der Waals surface area contributed by atoms with Gasteiger partial charge in [0, 0.05) is 16.8 Å². The molecule has 0 fully saturated rings. The van der Waals surface area contributed by atoms with Crippen LogP contribution in [-0.4, -0.2) is 34.0 Å². The molecule has 2 rings (SSSR count). The highest BCUT2D eigenvalue weighted by Crippen LogP contribution is 2.19. The van der Waals surface area contributed by atoms with Gasteiger partial charge < -0.3 is 10.0 Å². The molecule has 1 amide bonds. The Labute approximate surface area is 120 Å². The van der Waals surface area contributed by atoms with E-state index in [1.54, 1.807) is 21.6 Å². The predicted molar refractivity (Wildman–Crippen MR) is 77.7 cm³/mol. The van der Waals surface area contributed by atoms with Crippen LogP contribution in [0.2, 0.25) is 0 Å². The number of rotatable bonds is 5. The van der Waals surface area contributed by atoms with Crippen LogP contribution < -0.4 is 0 Å². The zero-order valence-corrected chi connectivity index (χ0v) is 12.6. The zero-order chi connectivity index (χ0) is 13.8. The number of nitrogens with zero attached hydrogens (tertiary/aromatic N) is 2. The number of carbonyl (C=O) groups excluding carboxylic acids is 1. The van der Waals surface area contributed by atoms with Crippen LogP contribution >= 0.6 is 22.7 Å². The Morgan fingerprint density at radius 2 is 2.21 bits per heavy atom. The van der Waals surface area contributed by atoms with Gasteiger partial charge in [0.15, 0.2) is 0 Å². The van der Waals surface area contributed by atoms with Crippen LogP contribution in [0.15, 0.2) is 16.8 Å². The third kappa shape index (κ3) is 3.40. The van der Waals surface area contributed by atoms with Crippen molar-refractivity contribution in [2.75, 3.05) is 13.2 Å². The van der Waals surface area contributed by atoms with Gasteiger partial charge in [-0.05, 0) is 30.9 Å². The molecule has 4 nitrogen and oxygen atoms in total. The molecule has 0 radical (unpaired) electrons. The van der Waals surface area contributed by atoms with E-state index in [2.05, 4.69) is 4.98 Å². The standard InChI is InChI=1S/C13H16N2O2S2/c1-9-3-6-18-12(9)7-15(4-5-16)13(17)11-8-19-10(2)14-11/h3,6,8,16H,4-5,7H2,1-2H3. The van der Waals surface area contributed by atoms with Gasteiger partial charge in [0.25, 0.3) is 5.91 Å². The van der Waals surface area contributed by atoms with Crippen molar-refractivity contribution in [2.24, 2.45) is 0 Å². The number of hydrogen-bond donors (Lipinski definition) is 1. The second kappa shape index (κ2) is 6.27. The Bertz CT molecular complexity index is 562. The summed E-state index contributed by atoms with van der Waals surface area (Å²) in [5.74, 6) is -0.119. The van der Waals surface area contributed by atoms with E-state index < -0.39 is 0 Å². The van der Waals surface area contributed by atoms with Gasteiger partial charge in [-0.1, -0.05) is 0 Å². The van der Waals surface area contributed by atoms with Crippen LogP contribution in [0, 0.1) is 13.8 Å². The van der Waals surface area contributed by atoms with Gasteiger partial charge in [0.05, 0.1) is 18.2 Å². The number of aliphatic hydroxyl groups excluding tert-OH is 1. The van der Waals surface area contributed by atoms with Gasteiger partial charge >= 0.3 is 0 Å². The molecule has 19 heavy (non-hydrogen) atoms. The molecule has 0 aliphatic rings. The maximum absolute atomic E-state index is 12.3. The van der Waals surface area contributed by atoms with E-state index in [1.807, 2.05) is 25.3 Å². The van der Waals surface area contributed by atoms with Gasteiger partial charge in [-0.25, -0.2) is 4.98 Å². The largest absolute Gasteiger partial charge is 0.395 e. The molecule has 0 saturated heterocycles.